The molecule has 2 saturated heterocycles. The summed E-state index contributed by atoms with van der Waals surface area (Å²) < 4.78 is 33.5. The van der Waals surface area contributed by atoms with Gasteiger partial charge in [0, 0.05) is 24.5 Å². The Morgan fingerprint density at radius 1 is 1.20 bits per heavy atom. The number of nitrogens with one attached hydrogen (secondary N) is 1. The lowest BCUT2D eigenvalue weighted by Crippen LogP contribution is -2.46. The van der Waals surface area contributed by atoms with Crippen molar-refractivity contribution in [2.75, 3.05) is 31.5 Å². The number of hydrogen-bond acceptors (Lipinski definition) is 5. The minimum atomic E-state index is -0.882. The molecule has 0 bridgehead atoms. The summed E-state index contributed by atoms with van der Waals surface area (Å²) in [5, 5.41) is 7.00. The second kappa shape index (κ2) is 9.48. The van der Waals surface area contributed by atoms with Crippen LogP contribution in [-0.4, -0.2) is 64.4 Å². The SMILES string of the molecule is CC(C)N1CCC(c2cccc(F)c2NC(=O)N2CCC(C)(c3noc([C@@H]4C[C@@H]4F)n3)CC2)CC1. The maximum Gasteiger partial charge on any atom is 0.321 e. The van der Waals surface area contributed by atoms with Gasteiger partial charge in [-0.25, -0.2) is 13.6 Å². The number of amides is 2. The van der Waals surface area contributed by atoms with Gasteiger partial charge in [-0.15, -0.1) is 0 Å². The highest BCUT2D eigenvalue weighted by Crippen LogP contribution is 2.44. The third-order valence-corrected chi connectivity index (χ3v) is 8.14. The van der Waals surface area contributed by atoms with Gasteiger partial charge in [0.05, 0.1) is 11.6 Å². The third kappa shape index (κ3) is 4.92. The van der Waals surface area contributed by atoms with E-state index in [1.165, 1.54) is 6.07 Å². The van der Waals surface area contributed by atoms with Crippen molar-refractivity contribution in [1.82, 2.24) is 19.9 Å². The van der Waals surface area contributed by atoms with Gasteiger partial charge in [-0.3, -0.25) is 0 Å². The Balaban J connectivity index is 1.22. The Morgan fingerprint density at radius 2 is 1.89 bits per heavy atom. The van der Waals surface area contributed by atoms with Crippen LogP contribution < -0.4 is 5.32 Å². The number of rotatable bonds is 5. The molecule has 35 heavy (non-hydrogen) atoms. The zero-order chi connectivity index (χ0) is 24.7. The van der Waals surface area contributed by atoms with Crippen molar-refractivity contribution in [2.45, 2.75) is 82.3 Å². The van der Waals surface area contributed by atoms with Crippen molar-refractivity contribution in [3.05, 3.63) is 41.3 Å². The summed E-state index contributed by atoms with van der Waals surface area (Å²) in [4.78, 5) is 21.7. The van der Waals surface area contributed by atoms with Crippen molar-refractivity contribution in [2.24, 2.45) is 0 Å². The molecule has 5 rings (SSSR count). The van der Waals surface area contributed by atoms with Crippen LogP contribution in [0.25, 0.3) is 0 Å². The highest BCUT2D eigenvalue weighted by atomic mass is 19.1. The Bertz CT molecular complexity index is 1060. The molecule has 2 amide bonds. The van der Waals surface area contributed by atoms with Crippen LogP contribution in [-0.2, 0) is 5.41 Å². The molecular formula is C26H35F2N5O2. The number of alkyl halides is 1. The topological polar surface area (TPSA) is 74.5 Å². The fraction of sp³-hybridized carbons (Fsp3) is 0.654. The molecule has 2 aromatic rings. The second-order valence-corrected chi connectivity index (χ2v) is 10.9. The largest absolute Gasteiger partial charge is 0.339 e. The van der Waals surface area contributed by atoms with Crippen LogP contribution in [0, 0.1) is 5.82 Å². The van der Waals surface area contributed by atoms with Crippen molar-refractivity contribution >= 4 is 11.7 Å². The van der Waals surface area contributed by atoms with E-state index in [1.54, 1.807) is 11.0 Å². The van der Waals surface area contributed by atoms with Gasteiger partial charge in [-0.05, 0) is 76.6 Å². The first-order chi connectivity index (χ1) is 16.7. The number of nitrogens with zero attached hydrogens (tertiary/aromatic N) is 4. The zero-order valence-electron chi connectivity index (χ0n) is 20.8. The van der Waals surface area contributed by atoms with Gasteiger partial charge in [-0.1, -0.05) is 24.2 Å². The summed E-state index contributed by atoms with van der Waals surface area (Å²) in [6.07, 6.45) is 2.77. The predicted octanol–water partition coefficient (Wildman–Crippen LogP) is 5.21. The summed E-state index contributed by atoms with van der Waals surface area (Å²) in [6.45, 7) is 9.39. The standard InChI is InChI=1S/C26H35F2N5O2/c1-16(2)32-11-7-17(8-12-32)18-5-4-6-20(27)22(18)29-25(34)33-13-9-26(3,10-14-33)24-30-23(35-31-24)19-15-21(19)28/h4-6,16-17,19,21H,7-15H2,1-3H3,(H,29,34)/t19-,21+/m1/s1. The number of para-hydroxylation sites is 1. The lowest BCUT2D eigenvalue weighted by molar-refractivity contribution is 0.168. The molecule has 190 valence electrons. The number of carbonyl (C=O) groups is 1. The zero-order valence-corrected chi connectivity index (χ0v) is 20.8. The molecule has 0 radical (unpaired) electrons. The van der Waals surface area contributed by atoms with Crippen molar-refractivity contribution < 1.29 is 18.1 Å². The lowest BCUT2D eigenvalue weighted by Gasteiger charge is -2.38. The Morgan fingerprint density at radius 3 is 2.51 bits per heavy atom. The highest BCUT2D eigenvalue weighted by molar-refractivity contribution is 5.90. The average molecular weight is 488 g/mol. The van der Waals surface area contributed by atoms with Crippen LogP contribution in [0.2, 0.25) is 0 Å². The molecule has 3 fully saturated rings. The van der Waals surface area contributed by atoms with E-state index in [2.05, 4.69) is 41.1 Å². The number of carbonyl (C=O) groups excluding carboxylic acids is 1. The van der Waals surface area contributed by atoms with E-state index in [9.17, 15) is 13.6 Å². The van der Waals surface area contributed by atoms with E-state index < -0.39 is 12.0 Å². The molecule has 1 aromatic heterocycles. The fourth-order valence-corrected chi connectivity index (χ4v) is 5.40. The van der Waals surface area contributed by atoms with Crippen LogP contribution in [0.5, 0.6) is 0 Å². The van der Waals surface area contributed by atoms with Gasteiger partial charge in [-0.2, -0.15) is 4.98 Å². The normalized spacial score (nSPS) is 25.1. The van der Waals surface area contributed by atoms with E-state index in [1.807, 2.05) is 6.07 Å². The number of piperidine rings is 2. The Hall–Kier alpha value is -2.55. The van der Waals surface area contributed by atoms with Gasteiger partial charge in [0.2, 0.25) is 5.89 Å². The molecule has 1 aromatic carbocycles. The molecular weight excluding hydrogens is 452 g/mol. The first kappa shape index (κ1) is 24.2. The minimum absolute atomic E-state index is 0.225. The van der Waals surface area contributed by atoms with E-state index >= 15 is 0 Å². The second-order valence-electron chi connectivity index (χ2n) is 10.9. The van der Waals surface area contributed by atoms with Crippen LogP contribution >= 0.6 is 0 Å². The van der Waals surface area contributed by atoms with E-state index in [4.69, 9.17) is 4.52 Å². The maximum atomic E-state index is 14.9. The number of aromatic nitrogens is 2. The van der Waals surface area contributed by atoms with Crippen molar-refractivity contribution in [3.63, 3.8) is 0 Å². The molecule has 3 heterocycles. The van der Waals surface area contributed by atoms with Crippen molar-refractivity contribution in [3.8, 4) is 0 Å². The number of halogens is 2. The molecule has 3 aliphatic rings. The monoisotopic (exact) mass is 487 g/mol. The number of hydrogen-bond donors (Lipinski definition) is 1. The van der Waals surface area contributed by atoms with Gasteiger partial charge in [0.15, 0.2) is 5.82 Å². The third-order valence-electron chi connectivity index (χ3n) is 8.14. The number of urea groups is 1. The number of anilines is 1. The number of benzene rings is 1. The first-order valence-corrected chi connectivity index (χ1v) is 12.8. The molecule has 1 saturated carbocycles. The van der Waals surface area contributed by atoms with E-state index in [-0.39, 0.29) is 23.3 Å². The smallest absolute Gasteiger partial charge is 0.321 e. The highest BCUT2D eigenvalue weighted by Gasteiger charge is 2.45. The quantitative estimate of drug-likeness (QED) is 0.627. The molecule has 7 nitrogen and oxygen atoms in total. The van der Waals surface area contributed by atoms with Crippen molar-refractivity contribution in [1.29, 1.82) is 0 Å². The minimum Gasteiger partial charge on any atom is -0.339 e. The van der Waals surface area contributed by atoms with Crippen LogP contribution in [0.3, 0.4) is 0 Å². The van der Waals surface area contributed by atoms with Crippen LogP contribution in [0.1, 0.15) is 82.0 Å². The molecule has 2 atom stereocenters. The van der Waals surface area contributed by atoms with E-state index in [0.29, 0.717) is 55.8 Å². The summed E-state index contributed by atoms with van der Waals surface area (Å²) >= 11 is 0. The van der Waals surface area contributed by atoms with Gasteiger partial charge in [0.1, 0.15) is 12.0 Å². The fourth-order valence-electron chi connectivity index (χ4n) is 5.40. The molecule has 9 heteroatoms. The Kier molecular flexibility index (Phi) is 6.55. The van der Waals surface area contributed by atoms with Gasteiger partial charge in [0.25, 0.3) is 0 Å². The van der Waals surface area contributed by atoms with Gasteiger partial charge >= 0.3 is 6.03 Å². The summed E-state index contributed by atoms with van der Waals surface area (Å²) in [5.41, 5.74) is 0.850. The lowest BCUT2D eigenvalue weighted by atomic mass is 9.79. The molecule has 2 aliphatic heterocycles. The molecule has 1 aliphatic carbocycles. The average Bonchev–Trinajstić information content (AvgIpc) is 3.36. The number of likely N-dealkylation sites (tertiary alicyclic amines) is 2. The first-order valence-electron chi connectivity index (χ1n) is 12.8. The summed E-state index contributed by atoms with van der Waals surface area (Å²) in [7, 11) is 0. The van der Waals surface area contributed by atoms with Crippen LogP contribution in [0.15, 0.2) is 22.7 Å². The summed E-state index contributed by atoms with van der Waals surface area (Å²) in [5.74, 6) is 0.521. The van der Waals surface area contributed by atoms with Gasteiger partial charge < -0.3 is 19.6 Å². The molecule has 1 N–H and O–H groups in total. The Labute approximate surface area is 205 Å². The maximum absolute atomic E-state index is 14.9. The molecule has 0 unspecified atom stereocenters. The molecule has 0 spiro atoms. The van der Waals surface area contributed by atoms with E-state index in [0.717, 1.165) is 31.5 Å². The predicted molar refractivity (Wildman–Crippen MR) is 129 cm³/mol. The summed E-state index contributed by atoms with van der Waals surface area (Å²) in [6, 6.07) is 5.29. The van der Waals surface area contributed by atoms with Crippen LogP contribution in [0.4, 0.5) is 19.3 Å².